The first-order valence-electron chi connectivity index (χ1n) is 4.43. The zero-order valence-corrected chi connectivity index (χ0v) is 9.11. The standard InChI is InChI=1S/C10H10BrNO2/c11-12-9(7-14-10(12)13)6-8-4-2-1-3-5-8/h1-5,9H,6-7H2/t9-/m0/s1. The molecule has 1 aromatic rings. The minimum atomic E-state index is -0.300. The van der Waals surface area contributed by atoms with Crippen LogP contribution in [-0.2, 0) is 11.2 Å². The van der Waals surface area contributed by atoms with Crippen LogP contribution in [0.5, 0.6) is 0 Å². The van der Waals surface area contributed by atoms with Crippen LogP contribution in [0.15, 0.2) is 30.3 Å². The van der Waals surface area contributed by atoms with Gasteiger partial charge in [0.15, 0.2) is 0 Å². The third-order valence-corrected chi connectivity index (χ3v) is 3.08. The Bertz CT molecular complexity index is 328. The number of hydrogen-bond acceptors (Lipinski definition) is 2. The number of benzene rings is 1. The van der Waals surface area contributed by atoms with Crippen molar-refractivity contribution < 1.29 is 9.53 Å². The average molecular weight is 256 g/mol. The number of rotatable bonds is 2. The summed E-state index contributed by atoms with van der Waals surface area (Å²) in [5, 5.41) is 0. The van der Waals surface area contributed by atoms with Crippen molar-refractivity contribution in [1.82, 2.24) is 3.93 Å². The van der Waals surface area contributed by atoms with Crippen molar-refractivity contribution in [1.29, 1.82) is 0 Å². The van der Waals surface area contributed by atoms with Gasteiger partial charge in [-0.1, -0.05) is 30.3 Å². The molecule has 14 heavy (non-hydrogen) atoms. The third kappa shape index (κ3) is 1.90. The van der Waals surface area contributed by atoms with Crippen LogP contribution in [-0.4, -0.2) is 22.7 Å². The summed E-state index contributed by atoms with van der Waals surface area (Å²) in [6, 6.07) is 10.2. The highest BCUT2D eigenvalue weighted by Crippen LogP contribution is 2.20. The minimum Gasteiger partial charge on any atom is -0.447 e. The third-order valence-electron chi connectivity index (χ3n) is 2.21. The molecule has 1 fully saturated rings. The molecule has 0 bridgehead atoms. The molecule has 1 aliphatic heterocycles. The van der Waals surface area contributed by atoms with Crippen LogP contribution in [0.3, 0.4) is 0 Å². The predicted molar refractivity (Wildman–Crippen MR) is 56.0 cm³/mol. The average Bonchev–Trinajstić information content (AvgIpc) is 2.52. The lowest BCUT2D eigenvalue weighted by Crippen LogP contribution is -2.25. The maximum absolute atomic E-state index is 11.0. The molecular formula is C10H10BrNO2. The topological polar surface area (TPSA) is 29.5 Å². The zero-order chi connectivity index (χ0) is 9.97. The highest BCUT2D eigenvalue weighted by Gasteiger charge is 2.31. The molecule has 2 rings (SSSR count). The molecule has 0 spiro atoms. The van der Waals surface area contributed by atoms with Gasteiger partial charge in [-0.25, -0.2) is 8.72 Å². The summed E-state index contributed by atoms with van der Waals surface area (Å²) in [5.74, 6) is 0. The van der Waals surface area contributed by atoms with Gasteiger partial charge in [-0.2, -0.15) is 0 Å². The maximum Gasteiger partial charge on any atom is 0.420 e. The Kier molecular flexibility index (Phi) is 2.72. The lowest BCUT2D eigenvalue weighted by atomic mass is 10.1. The molecule has 0 radical (unpaired) electrons. The van der Waals surface area contributed by atoms with Crippen molar-refractivity contribution in [2.45, 2.75) is 12.5 Å². The van der Waals surface area contributed by atoms with E-state index in [9.17, 15) is 4.79 Å². The van der Waals surface area contributed by atoms with Gasteiger partial charge in [0.25, 0.3) is 0 Å². The first-order valence-corrected chi connectivity index (χ1v) is 5.14. The smallest absolute Gasteiger partial charge is 0.420 e. The van der Waals surface area contributed by atoms with Crippen LogP contribution in [0, 0.1) is 0 Å². The van der Waals surface area contributed by atoms with E-state index in [1.165, 1.54) is 9.49 Å². The Hall–Kier alpha value is -1.03. The van der Waals surface area contributed by atoms with E-state index in [0.717, 1.165) is 6.42 Å². The van der Waals surface area contributed by atoms with Crippen LogP contribution in [0.1, 0.15) is 5.56 Å². The minimum absolute atomic E-state index is 0.102. The maximum atomic E-state index is 11.0. The molecule has 1 saturated heterocycles. The number of ether oxygens (including phenoxy) is 1. The van der Waals surface area contributed by atoms with Gasteiger partial charge in [0.2, 0.25) is 0 Å². The van der Waals surface area contributed by atoms with E-state index in [1.54, 1.807) is 0 Å². The normalized spacial score (nSPS) is 21.1. The molecule has 1 amide bonds. The van der Waals surface area contributed by atoms with Gasteiger partial charge in [0.1, 0.15) is 6.61 Å². The number of nitrogens with zero attached hydrogens (tertiary/aromatic N) is 1. The SMILES string of the molecule is O=C1OC[C@H](Cc2ccccc2)N1Br. The summed E-state index contributed by atoms with van der Waals surface area (Å²) < 4.78 is 6.36. The van der Waals surface area contributed by atoms with Gasteiger partial charge >= 0.3 is 6.09 Å². The number of halogens is 1. The molecule has 3 nitrogen and oxygen atoms in total. The summed E-state index contributed by atoms with van der Waals surface area (Å²) in [6.07, 6.45) is 0.517. The molecule has 1 aromatic carbocycles. The van der Waals surface area contributed by atoms with Gasteiger partial charge in [0, 0.05) is 0 Å². The quantitative estimate of drug-likeness (QED) is 0.760. The fourth-order valence-corrected chi connectivity index (χ4v) is 1.83. The molecule has 1 heterocycles. The van der Waals surface area contributed by atoms with Crippen LogP contribution in [0.2, 0.25) is 0 Å². The van der Waals surface area contributed by atoms with Crippen molar-refractivity contribution in [3.05, 3.63) is 35.9 Å². The van der Waals surface area contributed by atoms with Gasteiger partial charge in [0.05, 0.1) is 22.2 Å². The molecule has 0 N–H and O–H groups in total. The monoisotopic (exact) mass is 255 g/mol. The lowest BCUT2D eigenvalue weighted by molar-refractivity contribution is 0.171. The van der Waals surface area contributed by atoms with E-state index in [2.05, 4.69) is 16.1 Å². The van der Waals surface area contributed by atoms with Crippen molar-refractivity contribution in [3.8, 4) is 0 Å². The van der Waals surface area contributed by atoms with Crippen molar-refractivity contribution >= 4 is 22.2 Å². The highest BCUT2D eigenvalue weighted by atomic mass is 79.9. The fraction of sp³-hybridized carbons (Fsp3) is 0.300. The Morgan fingerprint density at radius 2 is 2.14 bits per heavy atom. The fourth-order valence-electron chi connectivity index (χ4n) is 1.47. The number of hydrogen-bond donors (Lipinski definition) is 0. The second-order valence-electron chi connectivity index (χ2n) is 3.23. The van der Waals surface area contributed by atoms with Gasteiger partial charge < -0.3 is 4.74 Å². The number of amides is 1. The van der Waals surface area contributed by atoms with Crippen LogP contribution in [0.4, 0.5) is 4.79 Å². The Morgan fingerprint density at radius 1 is 1.43 bits per heavy atom. The van der Waals surface area contributed by atoms with Crippen molar-refractivity contribution in [3.63, 3.8) is 0 Å². The van der Waals surface area contributed by atoms with E-state index in [1.807, 2.05) is 30.3 Å². The van der Waals surface area contributed by atoms with E-state index in [-0.39, 0.29) is 12.1 Å². The molecule has 0 aliphatic carbocycles. The first-order chi connectivity index (χ1) is 6.77. The summed E-state index contributed by atoms with van der Waals surface area (Å²) in [5.41, 5.74) is 1.21. The highest BCUT2D eigenvalue weighted by molar-refractivity contribution is 9.07. The van der Waals surface area contributed by atoms with Crippen LogP contribution >= 0.6 is 16.1 Å². The first kappa shape index (κ1) is 9.52. The van der Waals surface area contributed by atoms with Crippen molar-refractivity contribution in [2.24, 2.45) is 0 Å². The van der Waals surface area contributed by atoms with Gasteiger partial charge in [-0.3, -0.25) is 0 Å². The molecule has 0 aromatic heterocycles. The molecule has 1 atom stereocenters. The molecule has 0 unspecified atom stereocenters. The summed E-state index contributed by atoms with van der Waals surface area (Å²) >= 11 is 3.19. The van der Waals surface area contributed by atoms with E-state index >= 15 is 0 Å². The van der Waals surface area contributed by atoms with Gasteiger partial charge in [-0.05, 0) is 12.0 Å². The summed E-state index contributed by atoms with van der Waals surface area (Å²) in [7, 11) is 0. The largest absolute Gasteiger partial charge is 0.447 e. The lowest BCUT2D eigenvalue weighted by Gasteiger charge is -2.12. The second-order valence-corrected chi connectivity index (χ2v) is 4.00. The molecule has 74 valence electrons. The predicted octanol–water partition coefficient (Wildman–Crippen LogP) is 2.36. The molecule has 0 saturated carbocycles. The Balaban J connectivity index is 2.02. The van der Waals surface area contributed by atoms with Gasteiger partial charge in [-0.15, -0.1) is 0 Å². The zero-order valence-electron chi connectivity index (χ0n) is 7.52. The van der Waals surface area contributed by atoms with E-state index in [0.29, 0.717) is 6.61 Å². The molecular weight excluding hydrogens is 246 g/mol. The number of carbonyl (C=O) groups is 1. The number of cyclic esters (lactones) is 1. The summed E-state index contributed by atoms with van der Waals surface area (Å²) in [6.45, 7) is 0.457. The molecule has 4 heteroatoms. The number of carbonyl (C=O) groups excluding carboxylic acids is 1. The van der Waals surface area contributed by atoms with E-state index < -0.39 is 0 Å². The van der Waals surface area contributed by atoms with E-state index in [4.69, 9.17) is 4.74 Å². The molecule has 1 aliphatic rings. The second kappa shape index (κ2) is 4.00. The van der Waals surface area contributed by atoms with Crippen molar-refractivity contribution in [2.75, 3.05) is 6.61 Å². The summed E-state index contributed by atoms with van der Waals surface area (Å²) in [4.78, 5) is 11.0. The Morgan fingerprint density at radius 3 is 2.71 bits per heavy atom. The van der Waals surface area contributed by atoms with Crippen LogP contribution in [0.25, 0.3) is 0 Å². The Labute approximate surface area is 91.0 Å². The van der Waals surface area contributed by atoms with Crippen LogP contribution < -0.4 is 0 Å².